The fourth-order valence-corrected chi connectivity index (χ4v) is 4.39. The fraction of sp³-hybridized carbons (Fsp3) is 0.524. The molecule has 0 aliphatic carbocycles. The van der Waals surface area contributed by atoms with Crippen LogP contribution in [0, 0.1) is 20.8 Å². The third kappa shape index (κ3) is 3.99. The molecule has 1 aliphatic rings. The summed E-state index contributed by atoms with van der Waals surface area (Å²) < 4.78 is 0. The summed E-state index contributed by atoms with van der Waals surface area (Å²) in [5.41, 5.74) is 13.9. The van der Waals surface area contributed by atoms with Crippen molar-refractivity contribution < 1.29 is 4.79 Å². The highest BCUT2D eigenvalue weighted by molar-refractivity contribution is 7.09. The molecule has 1 aromatic heterocycles. The maximum atomic E-state index is 12.9. The molecule has 1 unspecified atom stereocenters. The molecule has 3 rings (SSSR count). The molecule has 26 heavy (non-hydrogen) atoms. The molecule has 1 atom stereocenters. The molecule has 0 bridgehead atoms. The van der Waals surface area contributed by atoms with Crippen molar-refractivity contribution in [2.75, 3.05) is 13.1 Å². The summed E-state index contributed by atoms with van der Waals surface area (Å²) >= 11 is 1.70. The van der Waals surface area contributed by atoms with Gasteiger partial charge in [0.1, 0.15) is 0 Å². The van der Waals surface area contributed by atoms with Gasteiger partial charge in [-0.1, -0.05) is 6.07 Å². The summed E-state index contributed by atoms with van der Waals surface area (Å²) in [5.74, 6) is 0.156. The lowest BCUT2D eigenvalue weighted by Crippen LogP contribution is -2.44. The Balaban J connectivity index is 1.60. The molecule has 0 saturated heterocycles. The third-order valence-electron chi connectivity index (χ3n) is 5.74. The number of aryl methyl sites for hydroxylation is 3. The number of carbonyl (C=O) groups is 1. The van der Waals surface area contributed by atoms with E-state index in [-0.39, 0.29) is 11.4 Å². The minimum atomic E-state index is -0.278. The summed E-state index contributed by atoms with van der Waals surface area (Å²) in [6.45, 7) is 9.89. The number of fused-ring (bicyclic) bond motifs is 1. The Morgan fingerprint density at radius 3 is 2.73 bits per heavy atom. The van der Waals surface area contributed by atoms with Crippen LogP contribution in [0.25, 0.3) is 0 Å². The van der Waals surface area contributed by atoms with Crippen molar-refractivity contribution in [3.63, 3.8) is 0 Å². The van der Waals surface area contributed by atoms with Crippen molar-refractivity contribution in [1.29, 1.82) is 0 Å². The minimum absolute atomic E-state index is 0.156. The quantitative estimate of drug-likeness (QED) is 0.840. The zero-order valence-corrected chi connectivity index (χ0v) is 17.1. The normalized spacial score (nSPS) is 16.5. The second kappa shape index (κ2) is 7.49. The van der Waals surface area contributed by atoms with Crippen LogP contribution in [-0.2, 0) is 12.8 Å². The van der Waals surface area contributed by atoms with E-state index in [1.807, 2.05) is 23.4 Å². The van der Waals surface area contributed by atoms with Crippen molar-refractivity contribution in [2.24, 2.45) is 5.73 Å². The number of rotatable bonds is 6. The molecule has 2 N–H and O–H groups in total. The van der Waals surface area contributed by atoms with E-state index in [9.17, 15) is 4.79 Å². The summed E-state index contributed by atoms with van der Waals surface area (Å²) in [4.78, 5) is 20.5. The van der Waals surface area contributed by atoms with Gasteiger partial charge >= 0.3 is 0 Å². The number of nitrogens with two attached hydrogens (primary N) is 1. The van der Waals surface area contributed by atoms with Gasteiger partial charge in [-0.25, -0.2) is 4.98 Å². The van der Waals surface area contributed by atoms with Crippen molar-refractivity contribution in [2.45, 2.75) is 58.9 Å². The molecule has 1 aliphatic heterocycles. The van der Waals surface area contributed by atoms with E-state index in [1.54, 1.807) is 11.3 Å². The van der Waals surface area contributed by atoms with E-state index in [0.717, 1.165) is 50.0 Å². The smallest absolute Gasteiger partial charge is 0.254 e. The van der Waals surface area contributed by atoms with Gasteiger partial charge in [-0.2, -0.15) is 0 Å². The first-order chi connectivity index (χ1) is 12.3. The average Bonchev–Trinajstić information content (AvgIpc) is 3.01. The molecule has 0 radical (unpaired) electrons. The number of aromatic nitrogens is 1. The lowest BCUT2D eigenvalue weighted by molar-refractivity contribution is 0.0726. The van der Waals surface area contributed by atoms with Gasteiger partial charge in [-0.3, -0.25) is 4.79 Å². The van der Waals surface area contributed by atoms with Crippen molar-refractivity contribution in [3.05, 3.63) is 50.5 Å². The van der Waals surface area contributed by atoms with Crippen molar-refractivity contribution in [3.8, 4) is 0 Å². The van der Waals surface area contributed by atoms with Gasteiger partial charge in [-0.05, 0) is 76.1 Å². The average molecular weight is 372 g/mol. The van der Waals surface area contributed by atoms with Crippen LogP contribution in [0.2, 0.25) is 0 Å². The molecule has 4 nitrogen and oxygen atoms in total. The van der Waals surface area contributed by atoms with Gasteiger partial charge < -0.3 is 10.6 Å². The highest BCUT2D eigenvalue weighted by atomic mass is 32.1. The largest absolute Gasteiger partial charge is 0.338 e. The van der Waals surface area contributed by atoms with Crippen LogP contribution in [0.4, 0.5) is 0 Å². The lowest BCUT2D eigenvalue weighted by atomic mass is 9.89. The first-order valence-electron chi connectivity index (χ1n) is 9.35. The van der Waals surface area contributed by atoms with E-state index in [4.69, 9.17) is 5.73 Å². The standard InChI is InChI=1S/C21H29N3OS/c1-14-5-6-18-17(15(14)2)8-11-24(20(18)25)12-10-21(4,22)9-7-19-16(3)23-13-26-19/h5-6,13H,7-12,22H2,1-4H3. The Morgan fingerprint density at radius 1 is 1.27 bits per heavy atom. The molecular weight excluding hydrogens is 342 g/mol. The minimum Gasteiger partial charge on any atom is -0.338 e. The number of hydrogen-bond acceptors (Lipinski definition) is 4. The lowest BCUT2D eigenvalue weighted by Gasteiger charge is -2.33. The second-order valence-corrected chi connectivity index (χ2v) is 8.78. The molecule has 0 saturated carbocycles. The van der Waals surface area contributed by atoms with Crippen LogP contribution in [0.1, 0.15) is 57.4 Å². The third-order valence-corrected chi connectivity index (χ3v) is 6.73. The predicted molar refractivity (Wildman–Crippen MR) is 108 cm³/mol. The van der Waals surface area contributed by atoms with Crippen LogP contribution >= 0.6 is 11.3 Å². The summed E-state index contributed by atoms with van der Waals surface area (Å²) in [6, 6.07) is 4.04. The maximum absolute atomic E-state index is 12.9. The summed E-state index contributed by atoms with van der Waals surface area (Å²) in [5, 5.41) is 0. The topological polar surface area (TPSA) is 59.2 Å². The monoisotopic (exact) mass is 371 g/mol. The molecule has 2 heterocycles. The van der Waals surface area contributed by atoms with Crippen LogP contribution in [0.5, 0.6) is 0 Å². The Bertz CT molecular complexity index is 810. The Hall–Kier alpha value is -1.72. The van der Waals surface area contributed by atoms with Gasteiger partial charge in [-0.15, -0.1) is 11.3 Å². The number of hydrogen-bond donors (Lipinski definition) is 1. The summed E-state index contributed by atoms with van der Waals surface area (Å²) in [7, 11) is 0. The zero-order valence-electron chi connectivity index (χ0n) is 16.3. The van der Waals surface area contributed by atoms with E-state index < -0.39 is 0 Å². The summed E-state index contributed by atoms with van der Waals surface area (Å²) in [6.07, 6.45) is 3.62. The van der Waals surface area contributed by atoms with Gasteiger partial charge in [0.25, 0.3) is 5.91 Å². The van der Waals surface area contributed by atoms with Crippen LogP contribution in [0.3, 0.4) is 0 Å². The van der Waals surface area contributed by atoms with Crippen molar-refractivity contribution in [1.82, 2.24) is 9.88 Å². The molecule has 1 amide bonds. The second-order valence-electron chi connectivity index (χ2n) is 7.84. The van der Waals surface area contributed by atoms with Crippen molar-refractivity contribution >= 4 is 17.2 Å². The molecule has 5 heteroatoms. The van der Waals surface area contributed by atoms with Crippen LogP contribution < -0.4 is 5.73 Å². The number of thiazole rings is 1. The molecule has 0 fully saturated rings. The van der Waals surface area contributed by atoms with Gasteiger partial charge in [0.2, 0.25) is 0 Å². The van der Waals surface area contributed by atoms with E-state index >= 15 is 0 Å². The first kappa shape index (κ1) is 19.1. The number of nitrogens with zero attached hydrogens (tertiary/aromatic N) is 2. The number of amides is 1. The Morgan fingerprint density at radius 2 is 2.04 bits per heavy atom. The van der Waals surface area contributed by atoms with Crippen LogP contribution in [-0.4, -0.2) is 34.4 Å². The molecular formula is C21H29N3OS. The number of carbonyl (C=O) groups excluding carboxylic acids is 1. The highest BCUT2D eigenvalue weighted by Crippen LogP contribution is 2.26. The van der Waals surface area contributed by atoms with E-state index in [0.29, 0.717) is 0 Å². The Kier molecular flexibility index (Phi) is 5.49. The predicted octanol–water partition coefficient (Wildman–Crippen LogP) is 3.81. The first-order valence-corrected chi connectivity index (χ1v) is 10.2. The van der Waals surface area contributed by atoms with E-state index in [2.05, 4.69) is 31.8 Å². The van der Waals surface area contributed by atoms with Gasteiger partial charge in [0, 0.05) is 29.1 Å². The fourth-order valence-electron chi connectivity index (χ4n) is 3.61. The molecule has 1 aromatic carbocycles. The molecule has 2 aromatic rings. The van der Waals surface area contributed by atoms with Crippen LogP contribution in [0.15, 0.2) is 17.6 Å². The van der Waals surface area contributed by atoms with E-state index in [1.165, 1.54) is 21.6 Å². The number of benzene rings is 1. The van der Waals surface area contributed by atoms with Gasteiger partial charge in [0.05, 0.1) is 11.2 Å². The zero-order chi connectivity index (χ0) is 18.9. The van der Waals surface area contributed by atoms with Gasteiger partial charge in [0.15, 0.2) is 0 Å². The molecule has 140 valence electrons. The maximum Gasteiger partial charge on any atom is 0.254 e. The Labute approximate surface area is 160 Å². The SMILES string of the molecule is Cc1ccc2c(c1C)CCN(CCC(C)(N)CCc1scnc1C)C2=O. The molecule has 0 spiro atoms. The highest BCUT2D eigenvalue weighted by Gasteiger charge is 2.28.